The first-order valence-corrected chi connectivity index (χ1v) is 7.71. The average Bonchev–Trinajstić information content (AvgIpc) is 2.47. The number of nitrogens with zero attached hydrogens (tertiary/aromatic N) is 1. The van der Waals surface area contributed by atoms with E-state index in [9.17, 15) is 4.79 Å². The van der Waals surface area contributed by atoms with E-state index in [-0.39, 0.29) is 12.0 Å². The largest absolute Gasteiger partial charge is 0.370 e. The summed E-state index contributed by atoms with van der Waals surface area (Å²) in [5.41, 5.74) is 3.03. The third kappa shape index (κ3) is 3.49. The number of rotatable bonds is 4. The van der Waals surface area contributed by atoms with Crippen molar-refractivity contribution < 1.29 is 9.53 Å². The maximum Gasteiger partial charge on any atom is 0.254 e. The molecule has 3 nitrogen and oxygen atoms in total. The molecule has 1 fully saturated rings. The quantitative estimate of drug-likeness (QED) is 0.861. The predicted octanol–water partition coefficient (Wildman–Crippen LogP) is 3.69. The zero-order chi connectivity index (χ0) is 15.5. The van der Waals surface area contributed by atoms with Gasteiger partial charge in [0.25, 0.3) is 5.91 Å². The molecule has 1 saturated heterocycles. The van der Waals surface area contributed by atoms with E-state index in [1.807, 2.05) is 0 Å². The summed E-state index contributed by atoms with van der Waals surface area (Å²) >= 11 is 5.92. The monoisotopic (exact) mass is 315 g/mol. The standard InChI is InChI=1S/C18H18ClNO2/c1-13-5-7-14(8-6-13)12-22-17-10-20(11-17)18(21)15-3-2-4-16(19)9-15/h2-9,17H,10-12H2,1H3. The molecule has 0 bridgehead atoms. The van der Waals surface area contributed by atoms with Gasteiger partial charge in [0.15, 0.2) is 0 Å². The summed E-state index contributed by atoms with van der Waals surface area (Å²) < 4.78 is 5.82. The molecule has 22 heavy (non-hydrogen) atoms. The second-order valence-electron chi connectivity index (χ2n) is 5.64. The van der Waals surface area contributed by atoms with Gasteiger partial charge in [0.2, 0.25) is 0 Å². The number of halogens is 1. The first kappa shape index (κ1) is 15.1. The van der Waals surface area contributed by atoms with E-state index in [1.165, 1.54) is 5.56 Å². The van der Waals surface area contributed by atoms with Crippen molar-refractivity contribution in [2.24, 2.45) is 0 Å². The van der Waals surface area contributed by atoms with Crippen LogP contribution in [-0.2, 0) is 11.3 Å². The minimum atomic E-state index is 0.0117. The molecule has 4 heteroatoms. The average molecular weight is 316 g/mol. The summed E-state index contributed by atoms with van der Waals surface area (Å²) in [6.07, 6.45) is 0.115. The lowest BCUT2D eigenvalue weighted by molar-refractivity contribution is -0.0503. The van der Waals surface area contributed by atoms with Crippen LogP contribution < -0.4 is 0 Å². The van der Waals surface area contributed by atoms with Gasteiger partial charge >= 0.3 is 0 Å². The van der Waals surface area contributed by atoms with E-state index in [4.69, 9.17) is 16.3 Å². The molecule has 0 saturated carbocycles. The summed E-state index contributed by atoms with van der Waals surface area (Å²) in [6, 6.07) is 15.3. The summed E-state index contributed by atoms with van der Waals surface area (Å²) in [5.74, 6) is 0.0117. The summed E-state index contributed by atoms with van der Waals surface area (Å²) in [7, 11) is 0. The molecule has 1 amide bonds. The summed E-state index contributed by atoms with van der Waals surface area (Å²) in [4.78, 5) is 14.0. The van der Waals surface area contributed by atoms with Crippen LogP contribution in [0.4, 0.5) is 0 Å². The van der Waals surface area contributed by atoms with Crippen LogP contribution in [0.25, 0.3) is 0 Å². The van der Waals surface area contributed by atoms with Crippen LogP contribution in [0.2, 0.25) is 5.02 Å². The number of carbonyl (C=O) groups is 1. The highest BCUT2D eigenvalue weighted by atomic mass is 35.5. The van der Waals surface area contributed by atoms with Crippen LogP contribution in [0.1, 0.15) is 21.5 Å². The molecule has 2 aromatic carbocycles. The zero-order valence-corrected chi connectivity index (χ0v) is 13.2. The highest BCUT2D eigenvalue weighted by Gasteiger charge is 2.31. The van der Waals surface area contributed by atoms with Crippen molar-refractivity contribution in [3.63, 3.8) is 0 Å². The third-order valence-corrected chi connectivity index (χ3v) is 4.05. The van der Waals surface area contributed by atoms with E-state index in [0.717, 1.165) is 5.56 Å². The Labute approximate surface area is 135 Å². The Kier molecular flexibility index (Phi) is 4.46. The first-order chi connectivity index (χ1) is 10.6. The van der Waals surface area contributed by atoms with E-state index >= 15 is 0 Å². The Balaban J connectivity index is 1.47. The molecule has 1 aliphatic rings. The molecule has 0 unspecified atom stereocenters. The van der Waals surface area contributed by atoms with E-state index in [2.05, 4.69) is 31.2 Å². The molecular weight excluding hydrogens is 298 g/mol. The SMILES string of the molecule is Cc1ccc(COC2CN(C(=O)c3cccc(Cl)c3)C2)cc1. The number of likely N-dealkylation sites (tertiary alicyclic amines) is 1. The Morgan fingerprint density at radius 2 is 1.95 bits per heavy atom. The van der Waals surface area contributed by atoms with Crippen LogP contribution in [0, 0.1) is 6.92 Å². The number of amides is 1. The van der Waals surface area contributed by atoms with Crippen LogP contribution >= 0.6 is 11.6 Å². The van der Waals surface area contributed by atoms with Gasteiger partial charge in [-0.1, -0.05) is 47.5 Å². The Morgan fingerprint density at radius 1 is 1.23 bits per heavy atom. The first-order valence-electron chi connectivity index (χ1n) is 7.34. The van der Waals surface area contributed by atoms with Crippen molar-refractivity contribution in [3.05, 3.63) is 70.2 Å². The molecule has 0 aliphatic carbocycles. The number of hydrogen-bond acceptors (Lipinski definition) is 2. The van der Waals surface area contributed by atoms with Gasteiger partial charge in [-0.05, 0) is 30.7 Å². The normalized spacial score (nSPS) is 14.7. The number of carbonyl (C=O) groups excluding carboxylic acids is 1. The van der Waals surface area contributed by atoms with Crippen LogP contribution in [0.5, 0.6) is 0 Å². The molecule has 0 N–H and O–H groups in total. The van der Waals surface area contributed by atoms with E-state index in [0.29, 0.717) is 30.3 Å². The fraction of sp³-hybridized carbons (Fsp3) is 0.278. The molecular formula is C18H18ClNO2. The lowest BCUT2D eigenvalue weighted by Gasteiger charge is -2.39. The lowest BCUT2D eigenvalue weighted by atomic mass is 10.1. The minimum Gasteiger partial charge on any atom is -0.370 e. The zero-order valence-electron chi connectivity index (χ0n) is 12.5. The van der Waals surface area contributed by atoms with Gasteiger partial charge in [-0.15, -0.1) is 0 Å². The maximum atomic E-state index is 12.2. The Morgan fingerprint density at radius 3 is 2.64 bits per heavy atom. The molecule has 2 aromatic rings. The van der Waals surface area contributed by atoms with Crippen LogP contribution in [-0.4, -0.2) is 30.0 Å². The van der Waals surface area contributed by atoms with Crippen molar-refractivity contribution in [2.75, 3.05) is 13.1 Å². The van der Waals surface area contributed by atoms with E-state index < -0.39 is 0 Å². The van der Waals surface area contributed by atoms with Crippen molar-refractivity contribution in [1.82, 2.24) is 4.90 Å². The molecule has 1 heterocycles. The number of benzene rings is 2. The molecule has 0 radical (unpaired) electrons. The van der Waals surface area contributed by atoms with Crippen molar-refractivity contribution in [3.8, 4) is 0 Å². The fourth-order valence-corrected chi connectivity index (χ4v) is 2.60. The van der Waals surface area contributed by atoms with Crippen molar-refractivity contribution >= 4 is 17.5 Å². The molecule has 1 aliphatic heterocycles. The van der Waals surface area contributed by atoms with Gasteiger partial charge in [-0.2, -0.15) is 0 Å². The summed E-state index contributed by atoms with van der Waals surface area (Å²) in [5, 5.41) is 0.582. The van der Waals surface area contributed by atoms with Gasteiger partial charge in [-0.3, -0.25) is 4.79 Å². The van der Waals surface area contributed by atoms with Gasteiger partial charge in [0.1, 0.15) is 0 Å². The second kappa shape index (κ2) is 6.51. The molecule has 0 aromatic heterocycles. The minimum absolute atomic E-state index is 0.0117. The van der Waals surface area contributed by atoms with Gasteiger partial charge < -0.3 is 9.64 Å². The number of aryl methyl sites for hydroxylation is 1. The molecule has 0 atom stereocenters. The fourth-order valence-electron chi connectivity index (χ4n) is 2.41. The topological polar surface area (TPSA) is 29.5 Å². The highest BCUT2D eigenvalue weighted by Crippen LogP contribution is 2.19. The van der Waals surface area contributed by atoms with E-state index in [1.54, 1.807) is 29.2 Å². The highest BCUT2D eigenvalue weighted by molar-refractivity contribution is 6.30. The van der Waals surface area contributed by atoms with Crippen LogP contribution in [0.15, 0.2) is 48.5 Å². The molecule has 114 valence electrons. The smallest absolute Gasteiger partial charge is 0.254 e. The van der Waals surface area contributed by atoms with Gasteiger partial charge in [-0.25, -0.2) is 0 Å². The number of ether oxygens (including phenoxy) is 1. The lowest BCUT2D eigenvalue weighted by Crippen LogP contribution is -2.54. The third-order valence-electron chi connectivity index (χ3n) is 3.81. The maximum absolute atomic E-state index is 12.2. The van der Waals surface area contributed by atoms with Gasteiger partial charge in [0, 0.05) is 23.7 Å². The summed E-state index contributed by atoms with van der Waals surface area (Å²) in [6.45, 7) is 3.93. The molecule has 3 rings (SSSR count). The second-order valence-corrected chi connectivity index (χ2v) is 6.08. The Bertz CT molecular complexity index is 663. The predicted molar refractivity (Wildman–Crippen MR) is 87.1 cm³/mol. The van der Waals surface area contributed by atoms with Crippen molar-refractivity contribution in [1.29, 1.82) is 0 Å². The molecule has 0 spiro atoms. The number of hydrogen-bond donors (Lipinski definition) is 0. The van der Waals surface area contributed by atoms with Crippen LogP contribution in [0.3, 0.4) is 0 Å². The van der Waals surface area contributed by atoms with Gasteiger partial charge in [0.05, 0.1) is 12.7 Å². The Hall–Kier alpha value is -1.84. The van der Waals surface area contributed by atoms with Crippen molar-refractivity contribution in [2.45, 2.75) is 19.6 Å².